The molecule has 2 aromatic heterocycles. The summed E-state index contributed by atoms with van der Waals surface area (Å²) < 4.78 is 8.29. The molecule has 0 aromatic carbocycles. The van der Waals surface area contributed by atoms with Crippen LogP contribution in [0.1, 0.15) is 16.1 Å². The van der Waals surface area contributed by atoms with Gasteiger partial charge in [0.05, 0.1) is 22.2 Å². The van der Waals surface area contributed by atoms with Crippen LogP contribution in [0, 0.1) is 6.92 Å². The highest BCUT2D eigenvalue weighted by Crippen LogP contribution is 2.23. The Morgan fingerprint density at radius 3 is 2.83 bits per heavy atom. The van der Waals surface area contributed by atoms with E-state index in [-0.39, 0.29) is 0 Å². The van der Waals surface area contributed by atoms with Crippen LogP contribution in [0.5, 0.6) is 5.88 Å². The summed E-state index contributed by atoms with van der Waals surface area (Å²) in [6, 6.07) is 4.19. The van der Waals surface area contributed by atoms with Crippen LogP contribution in [-0.4, -0.2) is 16.9 Å². The first kappa shape index (κ1) is 13.6. The normalized spacial score (nSPS) is 10.9. The molecule has 0 atom stereocenters. The van der Waals surface area contributed by atoms with Crippen molar-refractivity contribution in [3.05, 3.63) is 32.1 Å². The molecule has 2 aromatic rings. The monoisotopic (exact) mass is 329 g/mol. The second-order valence-corrected chi connectivity index (χ2v) is 6.55. The average Bonchev–Trinajstić information content (AvgIpc) is 2.84. The zero-order valence-electron chi connectivity index (χ0n) is 10.7. The molecule has 0 saturated heterocycles. The van der Waals surface area contributed by atoms with Gasteiger partial charge in [0, 0.05) is 25.0 Å². The van der Waals surface area contributed by atoms with Crippen molar-refractivity contribution in [2.45, 2.75) is 20.0 Å². The van der Waals surface area contributed by atoms with E-state index in [1.54, 1.807) is 23.1 Å². The second kappa shape index (κ2) is 5.86. The van der Waals surface area contributed by atoms with Gasteiger partial charge in [0.1, 0.15) is 0 Å². The van der Waals surface area contributed by atoms with Crippen molar-refractivity contribution < 1.29 is 4.74 Å². The second-order valence-electron chi connectivity index (χ2n) is 4.01. The highest BCUT2D eigenvalue weighted by Gasteiger charge is 2.13. The van der Waals surface area contributed by atoms with Crippen LogP contribution in [0.2, 0.25) is 0 Å². The Labute approximate surface area is 119 Å². The van der Waals surface area contributed by atoms with E-state index in [2.05, 4.69) is 38.5 Å². The lowest BCUT2D eigenvalue weighted by atomic mass is 10.2. The zero-order chi connectivity index (χ0) is 13.1. The first-order chi connectivity index (χ1) is 8.61. The summed E-state index contributed by atoms with van der Waals surface area (Å²) in [5.74, 6) is 0.826. The topological polar surface area (TPSA) is 39.1 Å². The summed E-state index contributed by atoms with van der Waals surface area (Å²) in [6.07, 6.45) is 0. The van der Waals surface area contributed by atoms with Gasteiger partial charge < -0.3 is 10.1 Å². The summed E-state index contributed by atoms with van der Waals surface area (Å²) >= 11 is 5.21. The SMILES string of the molecule is COc1c(CNCc2ccc(Br)s2)c(C)nn1C. The van der Waals surface area contributed by atoms with Gasteiger partial charge in [-0.2, -0.15) is 5.10 Å². The molecule has 0 radical (unpaired) electrons. The van der Waals surface area contributed by atoms with Crippen molar-refractivity contribution in [1.82, 2.24) is 15.1 Å². The third-order valence-corrected chi connectivity index (χ3v) is 4.34. The Bertz CT molecular complexity index is 535. The number of aryl methyl sites for hydroxylation is 2. The van der Waals surface area contributed by atoms with Gasteiger partial charge in [-0.15, -0.1) is 11.3 Å². The Kier molecular flexibility index (Phi) is 4.42. The number of halogens is 1. The number of rotatable bonds is 5. The van der Waals surface area contributed by atoms with Crippen LogP contribution in [0.15, 0.2) is 15.9 Å². The molecule has 18 heavy (non-hydrogen) atoms. The molecule has 2 rings (SSSR count). The molecule has 1 N–H and O–H groups in total. The highest BCUT2D eigenvalue weighted by molar-refractivity contribution is 9.11. The molecular weight excluding hydrogens is 314 g/mol. The molecule has 0 aliphatic heterocycles. The van der Waals surface area contributed by atoms with E-state index in [9.17, 15) is 0 Å². The van der Waals surface area contributed by atoms with E-state index in [4.69, 9.17) is 4.74 Å². The molecule has 0 fully saturated rings. The lowest BCUT2D eigenvalue weighted by molar-refractivity contribution is 0.368. The van der Waals surface area contributed by atoms with E-state index in [1.165, 1.54) is 4.88 Å². The number of hydrogen-bond acceptors (Lipinski definition) is 4. The highest BCUT2D eigenvalue weighted by atomic mass is 79.9. The fraction of sp³-hybridized carbons (Fsp3) is 0.417. The van der Waals surface area contributed by atoms with Crippen LogP contribution in [0.4, 0.5) is 0 Å². The van der Waals surface area contributed by atoms with E-state index in [1.807, 2.05) is 14.0 Å². The lowest BCUT2D eigenvalue weighted by Crippen LogP contribution is -2.13. The number of nitrogens with one attached hydrogen (secondary N) is 1. The number of nitrogens with zero attached hydrogens (tertiary/aromatic N) is 2. The number of ether oxygens (including phenoxy) is 1. The first-order valence-corrected chi connectivity index (χ1v) is 7.24. The summed E-state index contributed by atoms with van der Waals surface area (Å²) in [7, 11) is 3.57. The number of hydrogen-bond donors (Lipinski definition) is 1. The smallest absolute Gasteiger partial charge is 0.216 e. The third-order valence-electron chi connectivity index (χ3n) is 2.71. The van der Waals surface area contributed by atoms with Gasteiger partial charge in [-0.05, 0) is 35.0 Å². The van der Waals surface area contributed by atoms with Crippen molar-refractivity contribution in [3.63, 3.8) is 0 Å². The van der Waals surface area contributed by atoms with E-state index < -0.39 is 0 Å². The maximum atomic E-state index is 5.36. The predicted octanol–water partition coefficient (Wildman–Crippen LogP) is 2.85. The molecule has 0 saturated carbocycles. The van der Waals surface area contributed by atoms with Crippen molar-refractivity contribution >= 4 is 27.3 Å². The fourth-order valence-corrected chi connectivity index (χ4v) is 3.35. The van der Waals surface area contributed by atoms with Crippen LogP contribution in [-0.2, 0) is 20.1 Å². The van der Waals surface area contributed by atoms with E-state index in [0.29, 0.717) is 0 Å². The first-order valence-electron chi connectivity index (χ1n) is 5.63. The Hall–Kier alpha value is -0.850. The predicted molar refractivity (Wildman–Crippen MR) is 77.1 cm³/mol. The van der Waals surface area contributed by atoms with Gasteiger partial charge in [0.15, 0.2) is 0 Å². The molecule has 0 aliphatic carbocycles. The standard InChI is InChI=1S/C12H16BrN3OS/c1-8-10(12(17-3)16(2)15-8)7-14-6-9-4-5-11(13)18-9/h4-5,14H,6-7H2,1-3H3. The molecule has 4 nitrogen and oxygen atoms in total. The number of aromatic nitrogens is 2. The molecule has 6 heteroatoms. The molecule has 0 amide bonds. The fourth-order valence-electron chi connectivity index (χ4n) is 1.90. The maximum Gasteiger partial charge on any atom is 0.216 e. The van der Waals surface area contributed by atoms with Crippen LogP contribution in [0.25, 0.3) is 0 Å². The van der Waals surface area contributed by atoms with Crippen LogP contribution in [0.3, 0.4) is 0 Å². The molecule has 0 unspecified atom stereocenters. The number of methoxy groups -OCH3 is 1. The maximum absolute atomic E-state index is 5.36. The molecule has 2 heterocycles. The number of thiophene rings is 1. The van der Waals surface area contributed by atoms with Gasteiger partial charge in [-0.1, -0.05) is 0 Å². The van der Waals surface area contributed by atoms with Gasteiger partial charge in [-0.3, -0.25) is 0 Å². The van der Waals surface area contributed by atoms with Crippen molar-refractivity contribution in [2.75, 3.05) is 7.11 Å². The largest absolute Gasteiger partial charge is 0.481 e. The Morgan fingerprint density at radius 2 is 2.22 bits per heavy atom. The summed E-state index contributed by atoms with van der Waals surface area (Å²) in [6.45, 7) is 3.62. The van der Waals surface area contributed by atoms with Crippen LogP contribution < -0.4 is 10.1 Å². The van der Waals surface area contributed by atoms with Crippen molar-refractivity contribution in [2.24, 2.45) is 7.05 Å². The Morgan fingerprint density at radius 1 is 1.44 bits per heavy atom. The minimum absolute atomic E-state index is 0.762. The van der Waals surface area contributed by atoms with Gasteiger partial charge in [-0.25, -0.2) is 4.68 Å². The quantitative estimate of drug-likeness (QED) is 0.916. The van der Waals surface area contributed by atoms with E-state index in [0.717, 1.165) is 34.0 Å². The molecule has 0 bridgehead atoms. The Balaban J connectivity index is 1.98. The van der Waals surface area contributed by atoms with Crippen LogP contribution >= 0.6 is 27.3 Å². The molecule has 0 aliphatic rings. The van der Waals surface area contributed by atoms with Gasteiger partial charge >= 0.3 is 0 Å². The average molecular weight is 330 g/mol. The van der Waals surface area contributed by atoms with Gasteiger partial charge in [0.25, 0.3) is 0 Å². The summed E-state index contributed by atoms with van der Waals surface area (Å²) in [5.41, 5.74) is 2.13. The van der Waals surface area contributed by atoms with Gasteiger partial charge in [0.2, 0.25) is 5.88 Å². The lowest BCUT2D eigenvalue weighted by Gasteiger charge is -2.06. The summed E-state index contributed by atoms with van der Waals surface area (Å²) in [5, 5.41) is 7.77. The third kappa shape index (κ3) is 2.93. The van der Waals surface area contributed by atoms with Crippen molar-refractivity contribution in [3.8, 4) is 5.88 Å². The molecule has 0 spiro atoms. The van der Waals surface area contributed by atoms with Crippen molar-refractivity contribution in [1.29, 1.82) is 0 Å². The zero-order valence-corrected chi connectivity index (χ0v) is 13.1. The molecule has 98 valence electrons. The minimum atomic E-state index is 0.762. The van der Waals surface area contributed by atoms with E-state index >= 15 is 0 Å². The summed E-state index contributed by atoms with van der Waals surface area (Å²) in [4.78, 5) is 1.31. The minimum Gasteiger partial charge on any atom is -0.481 e. The molecular formula is C12H16BrN3OS.